The molecule has 0 spiro atoms. The van der Waals surface area contributed by atoms with Gasteiger partial charge in [0.1, 0.15) is 6.10 Å². The van der Waals surface area contributed by atoms with Gasteiger partial charge in [0.05, 0.1) is 17.8 Å². The highest BCUT2D eigenvalue weighted by Crippen LogP contribution is 2.44. The number of carbonyl (C=O) groups is 1. The summed E-state index contributed by atoms with van der Waals surface area (Å²) in [6, 6.07) is 0. The number of hydrogen-bond donors (Lipinski definition) is 1. The Morgan fingerprint density at radius 1 is 1.38 bits per heavy atom. The summed E-state index contributed by atoms with van der Waals surface area (Å²) in [5.74, 6) is -0.0506. The molecule has 6 atom stereocenters. The third-order valence-electron chi connectivity index (χ3n) is 6.09. The SMILES string of the molecule is C=C1C(=O)O[C@@H]2[C@@H]3O[C@@H](C[C@@H]12)[C@](C)(O)CC/C=C(/C)CCC[C@H]3C. The molecule has 0 saturated carbocycles. The topological polar surface area (TPSA) is 55.8 Å². The van der Waals surface area contributed by atoms with E-state index in [1.165, 1.54) is 5.57 Å². The second-order valence-electron chi connectivity index (χ2n) is 8.14. The molecule has 3 heterocycles. The summed E-state index contributed by atoms with van der Waals surface area (Å²) in [7, 11) is 0. The van der Waals surface area contributed by atoms with Crippen LogP contribution in [-0.4, -0.2) is 35.0 Å². The van der Waals surface area contributed by atoms with Gasteiger partial charge in [-0.15, -0.1) is 0 Å². The molecule has 1 N–H and O–H groups in total. The van der Waals surface area contributed by atoms with Crippen molar-refractivity contribution in [2.24, 2.45) is 11.8 Å². The molecule has 0 radical (unpaired) electrons. The van der Waals surface area contributed by atoms with E-state index in [4.69, 9.17) is 9.47 Å². The maximum Gasteiger partial charge on any atom is 0.334 e. The second kappa shape index (κ2) is 6.64. The van der Waals surface area contributed by atoms with Gasteiger partial charge in [0.25, 0.3) is 0 Å². The van der Waals surface area contributed by atoms with E-state index in [0.29, 0.717) is 18.4 Å². The summed E-state index contributed by atoms with van der Waals surface area (Å²) >= 11 is 0. The zero-order valence-corrected chi connectivity index (χ0v) is 15.1. The van der Waals surface area contributed by atoms with Crippen LogP contribution in [0.2, 0.25) is 0 Å². The van der Waals surface area contributed by atoms with Gasteiger partial charge in [0, 0.05) is 11.5 Å². The van der Waals surface area contributed by atoms with E-state index in [9.17, 15) is 9.90 Å². The van der Waals surface area contributed by atoms with Crippen molar-refractivity contribution >= 4 is 5.97 Å². The van der Waals surface area contributed by atoms with Crippen molar-refractivity contribution in [3.05, 3.63) is 23.8 Å². The maximum atomic E-state index is 12.0. The first kappa shape index (κ1) is 17.7. The van der Waals surface area contributed by atoms with Crippen LogP contribution in [0.4, 0.5) is 0 Å². The van der Waals surface area contributed by atoms with Gasteiger partial charge in [0.15, 0.2) is 0 Å². The molecule has 24 heavy (non-hydrogen) atoms. The second-order valence-corrected chi connectivity index (χ2v) is 8.14. The first-order chi connectivity index (χ1) is 11.3. The highest BCUT2D eigenvalue weighted by atomic mass is 16.6. The Morgan fingerprint density at radius 3 is 2.88 bits per heavy atom. The zero-order valence-electron chi connectivity index (χ0n) is 15.1. The third-order valence-corrected chi connectivity index (χ3v) is 6.09. The highest BCUT2D eigenvalue weighted by molar-refractivity contribution is 5.90. The maximum absolute atomic E-state index is 12.0. The van der Waals surface area contributed by atoms with Crippen LogP contribution in [0.3, 0.4) is 0 Å². The Hall–Kier alpha value is -1.13. The lowest BCUT2D eigenvalue weighted by Gasteiger charge is -2.45. The summed E-state index contributed by atoms with van der Waals surface area (Å²) in [6.07, 6.45) is 6.87. The molecule has 0 aromatic rings. The van der Waals surface area contributed by atoms with Gasteiger partial charge in [0.2, 0.25) is 0 Å². The Kier molecular flexibility index (Phi) is 4.89. The lowest BCUT2D eigenvalue weighted by Crippen LogP contribution is -2.54. The zero-order chi connectivity index (χ0) is 17.5. The number of hydrogen-bond acceptors (Lipinski definition) is 4. The molecule has 0 aromatic carbocycles. The minimum Gasteiger partial charge on any atom is -0.456 e. The van der Waals surface area contributed by atoms with Gasteiger partial charge in [-0.1, -0.05) is 25.2 Å². The molecular formula is C20H30O4. The molecule has 3 rings (SSSR count). The van der Waals surface area contributed by atoms with E-state index in [2.05, 4.69) is 26.5 Å². The van der Waals surface area contributed by atoms with E-state index in [0.717, 1.165) is 25.7 Å². The average molecular weight is 334 g/mol. The van der Waals surface area contributed by atoms with Crippen molar-refractivity contribution in [2.45, 2.75) is 83.2 Å². The Morgan fingerprint density at radius 2 is 2.12 bits per heavy atom. The number of rotatable bonds is 0. The van der Waals surface area contributed by atoms with E-state index in [1.807, 2.05) is 6.92 Å². The van der Waals surface area contributed by atoms with Gasteiger partial charge in [-0.05, 0) is 58.3 Å². The monoisotopic (exact) mass is 334 g/mol. The van der Waals surface area contributed by atoms with Crippen molar-refractivity contribution in [1.29, 1.82) is 0 Å². The quantitative estimate of drug-likeness (QED) is 0.418. The minimum atomic E-state index is -0.912. The molecule has 2 fully saturated rings. The van der Waals surface area contributed by atoms with Gasteiger partial charge < -0.3 is 14.6 Å². The van der Waals surface area contributed by atoms with Crippen LogP contribution in [0.5, 0.6) is 0 Å². The normalized spacial score (nSPS) is 46.2. The molecule has 134 valence electrons. The third kappa shape index (κ3) is 3.31. The van der Waals surface area contributed by atoms with Crippen LogP contribution >= 0.6 is 0 Å². The number of aliphatic hydroxyl groups is 1. The van der Waals surface area contributed by atoms with E-state index in [-0.39, 0.29) is 36.1 Å². The Bertz CT molecular complexity index is 548. The predicted molar refractivity (Wildman–Crippen MR) is 92.4 cm³/mol. The fourth-order valence-corrected chi connectivity index (χ4v) is 4.36. The highest BCUT2D eigenvalue weighted by Gasteiger charge is 2.53. The van der Waals surface area contributed by atoms with Crippen LogP contribution in [-0.2, 0) is 14.3 Å². The van der Waals surface area contributed by atoms with E-state index in [1.54, 1.807) is 0 Å². The fraction of sp³-hybridized carbons (Fsp3) is 0.750. The smallest absolute Gasteiger partial charge is 0.334 e. The largest absolute Gasteiger partial charge is 0.456 e. The average Bonchev–Trinajstić information content (AvgIpc) is 2.80. The Labute approximate surface area is 144 Å². The molecule has 0 aromatic heterocycles. The summed E-state index contributed by atoms with van der Waals surface area (Å²) in [6.45, 7) is 10.1. The number of carbonyl (C=O) groups excluding carboxylic acids is 1. The van der Waals surface area contributed by atoms with Gasteiger partial charge in [-0.3, -0.25) is 0 Å². The van der Waals surface area contributed by atoms with Crippen LogP contribution in [0.1, 0.15) is 59.3 Å². The standard InChI is InChI=1S/C20H30O4/c1-12-7-5-9-13(2)17-18-15(14(3)19(21)24-18)11-16(23-17)20(4,22)10-6-8-12/h8,13,15-18,22H,3,5-7,9-11H2,1-2,4H3/b12-8-/t13-,15+,16+,17-,18+,20-/m1/s1. The predicted octanol–water partition coefficient (Wildman–Crippen LogP) is 3.54. The summed E-state index contributed by atoms with van der Waals surface area (Å²) in [5, 5.41) is 11.0. The lowest BCUT2D eigenvalue weighted by molar-refractivity contribution is -0.208. The molecule has 4 nitrogen and oxygen atoms in total. The number of fused-ring (bicyclic) bond motifs is 4. The lowest BCUT2D eigenvalue weighted by atomic mass is 9.76. The molecule has 3 aliphatic heterocycles. The summed E-state index contributed by atoms with van der Waals surface area (Å²) in [5.41, 5.74) is 1.03. The first-order valence-electron chi connectivity index (χ1n) is 9.23. The van der Waals surface area contributed by atoms with Crippen molar-refractivity contribution in [3.8, 4) is 0 Å². The fourth-order valence-electron chi connectivity index (χ4n) is 4.36. The van der Waals surface area contributed by atoms with Crippen LogP contribution in [0.25, 0.3) is 0 Å². The Balaban J connectivity index is 1.90. The van der Waals surface area contributed by atoms with E-state index >= 15 is 0 Å². The van der Waals surface area contributed by atoms with Gasteiger partial charge in [-0.2, -0.15) is 0 Å². The molecule has 0 aliphatic carbocycles. The van der Waals surface area contributed by atoms with Gasteiger partial charge in [-0.25, -0.2) is 4.79 Å². The number of allylic oxidation sites excluding steroid dienone is 2. The van der Waals surface area contributed by atoms with E-state index < -0.39 is 5.60 Å². The molecular weight excluding hydrogens is 304 g/mol. The molecule has 0 unspecified atom stereocenters. The van der Waals surface area contributed by atoms with Crippen molar-refractivity contribution in [3.63, 3.8) is 0 Å². The number of ether oxygens (including phenoxy) is 2. The first-order valence-corrected chi connectivity index (χ1v) is 9.23. The van der Waals surface area contributed by atoms with Crippen LogP contribution < -0.4 is 0 Å². The molecule has 0 amide bonds. The van der Waals surface area contributed by atoms with Gasteiger partial charge >= 0.3 is 5.97 Å². The molecule has 2 bridgehead atoms. The van der Waals surface area contributed by atoms with Crippen molar-refractivity contribution in [1.82, 2.24) is 0 Å². The summed E-state index contributed by atoms with van der Waals surface area (Å²) < 4.78 is 11.9. The summed E-state index contributed by atoms with van der Waals surface area (Å²) in [4.78, 5) is 12.0. The molecule has 3 aliphatic rings. The van der Waals surface area contributed by atoms with Crippen molar-refractivity contribution < 1.29 is 19.4 Å². The van der Waals surface area contributed by atoms with Crippen LogP contribution in [0.15, 0.2) is 23.8 Å². The minimum absolute atomic E-state index is 0.0320. The molecule has 2 saturated heterocycles. The van der Waals surface area contributed by atoms with Crippen LogP contribution in [0, 0.1) is 11.8 Å². The van der Waals surface area contributed by atoms with Crippen molar-refractivity contribution in [2.75, 3.05) is 0 Å². The number of esters is 1. The molecule has 4 heteroatoms.